The van der Waals surface area contributed by atoms with Gasteiger partial charge in [-0.15, -0.1) is 0 Å². The Morgan fingerprint density at radius 1 is 1.10 bits per heavy atom. The van der Waals surface area contributed by atoms with Crippen LogP contribution in [0.25, 0.3) is 0 Å². The van der Waals surface area contributed by atoms with E-state index < -0.39 is 0 Å². The molecule has 0 atom stereocenters. The van der Waals surface area contributed by atoms with Gasteiger partial charge in [-0.1, -0.05) is 0 Å². The van der Waals surface area contributed by atoms with Crippen molar-refractivity contribution < 1.29 is 9.53 Å². The van der Waals surface area contributed by atoms with Crippen molar-refractivity contribution in [3.8, 4) is 0 Å². The molecule has 20 heavy (non-hydrogen) atoms. The number of ether oxygens (including phenoxy) is 1. The first-order valence-electron chi connectivity index (χ1n) is 7.23. The second-order valence-corrected chi connectivity index (χ2v) is 5.25. The summed E-state index contributed by atoms with van der Waals surface area (Å²) in [7, 11) is 0. The Morgan fingerprint density at radius 2 is 1.75 bits per heavy atom. The first-order chi connectivity index (χ1) is 9.84. The zero-order valence-electron chi connectivity index (χ0n) is 11.6. The van der Waals surface area contributed by atoms with E-state index in [0.717, 1.165) is 45.0 Å². The van der Waals surface area contributed by atoms with Gasteiger partial charge in [-0.05, 0) is 18.9 Å². The van der Waals surface area contributed by atoms with Crippen molar-refractivity contribution in [3.05, 3.63) is 18.5 Å². The molecule has 2 aliphatic rings. The second-order valence-electron chi connectivity index (χ2n) is 5.25. The van der Waals surface area contributed by atoms with Crippen molar-refractivity contribution >= 4 is 11.9 Å². The van der Waals surface area contributed by atoms with E-state index in [1.807, 2.05) is 11.0 Å². The summed E-state index contributed by atoms with van der Waals surface area (Å²) in [4.78, 5) is 25.0. The number of carbonyl (C=O) groups excluding carboxylic acids is 1. The van der Waals surface area contributed by atoms with Crippen molar-refractivity contribution in [3.63, 3.8) is 0 Å². The molecule has 0 aliphatic carbocycles. The maximum Gasteiger partial charge on any atom is 0.225 e. The van der Waals surface area contributed by atoms with Crippen molar-refractivity contribution in [2.75, 3.05) is 44.3 Å². The molecule has 3 heterocycles. The molecule has 0 radical (unpaired) electrons. The van der Waals surface area contributed by atoms with Gasteiger partial charge in [-0.2, -0.15) is 0 Å². The number of amides is 1. The average molecular weight is 276 g/mol. The number of aromatic nitrogens is 2. The Morgan fingerprint density at radius 3 is 2.40 bits per heavy atom. The lowest BCUT2D eigenvalue weighted by Crippen LogP contribution is -2.51. The van der Waals surface area contributed by atoms with E-state index >= 15 is 0 Å². The Balaban J connectivity index is 1.54. The Hall–Kier alpha value is -1.69. The zero-order chi connectivity index (χ0) is 13.8. The summed E-state index contributed by atoms with van der Waals surface area (Å²) in [6.07, 6.45) is 5.23. The molecule has 6 heteroatoms. The summed E-state index contributed by atoms with van der Waals surface area (Å²) in [5.74, 6) is 1.20. The summed E-state index contributed by atoms with van der Waals surface area (Å²) in [6.45, 7) is 4.56. The lowest BCUT2D eigenvalue weighted by molar-refractivity contribution is -0.138. The normalized spacial score (nSPS) is 21.0. The largest absolute Gasteiger partial charge is 0.381 e. The molecule has 6 nitrogen and oxygen atoms in total. The fourth-order valence-corrected chi connectivity index (χ4v) is 2.78. The maximum atomic E-state index is 12.4. The predicted octanol–water partition coefficient (Wildman–Crippen LogP) is 0.552. The van der Waals surface area contributed by atoms with Gasteiger partial charge in [0.2, 0.25) is 11.9 Å². The van der Waals surface area contributed by atoms with Gasteiger partial charge in [-0.25, -0.2) is 9.97 Å². The van der Waals surface area contributed by atoms with Gasteiger partial charge in [0.25, 0.3) is 0 Å². The van der Waals surface area contributed by atoms with E-state index in [1.54, 1.807) is 12.4 Å². The Bertz CT molecular complexity index is 440. The van der Waals surface area contributed by atoms with Crippen molar-refractivity contribution in [1.29, 1.82) is 0 Å². The van der Waals surface area contributed by atoms with Crippen LogP contribution in [0.3, 0.4) is 0 Å². The van der Waals surface area contributed by atoms with Crippen LogP contribution < -0.4 is 4.90 Å². The highest BCUT2D eigenvalue weighted by Crippen LogP contribution is 2.19. The van der Waals surface area contributed by atoms with Gasteiger partial charge >= 0.3 is 0 Å². The smallest absolute Gasteiger partial charge is 0.225 e. The molecule has 2 fully saturated rings. The summed E-state index contributed by atoms with van der Waals surface area (Å²) in [5, 5.41) is 0. The minimum atomic E-state index is 0.156. The molecule has 0 aromatic carbocycles. The molecule has 2 saturated heterocycles. The molecule has 1 aromatic rings. The first kappa shape index (κ1) is 13.3. The number of nitrogens with zero attached hydrogens (tertiary/aromatic N) is 4. The van der Waals surface area contributed by atoms with Crippen molar-refractivity contribution in [2.45, 2.75) is 12.8 Å². The summed E-state index contributed by atoms with van der Waals surface area (Å²) < 4.78 is 5.32. The van der Waals surface area contributed by atoms with Crippen LogP contribution >= 0.6 is 0 Å². The molecule has 1 aromatic heterocycles. The van der Waals surface area contributed by atoms with Crippen LogP contribution in [-0.4, -0.2) is 60.2 Å². The minimum absolute atomic E-state index is 0.156. The van der Waals surface area contributed by atoms with Crippen LogP contribution in [0.1, 0.15) is 12.8 Å². The third-order valence-electron chi connectivity index (χ3n) is 4.00. The Labute approximate surface area is 118 Å². The molecule has 0 unspecified atom stereocenters. The quantitative estimate of drug-likeness (QED) is 0.789. The highest BCUT2D eigenvalue weighted by Gasteiger charge is 2.29. The van der Waals surface area contributed by atoms with E-state index in [2.05, 4.69) is 14.9 Å². The van der Waals surface area contributed by atoms with Crippen LogP contribution in [0, 0.1) is 5.92 Å². The van der Waals surface area contributed by atoms with Crippen LogP contribution in [0.2, 0.25) is 0 Å². The average Bonchev–Trinajstić information content (AvgIpc) is 2.56. The van der Waals surface area contributed by atoms with Crippen LogP contribution in [0.4, 0.5) is 5.95 Å². The SMILES string of the molecule is O=C(C1CCOCC1)N1CCN(c2ncccn2)CC1. The highest BCUT2D eigenvalue weighted by molar-refractivity contribution is 5.79. The number of hydrogen-bond acceptors (Lipinski definition) is 5. The van der Waals surface area contributed by atoms with E-state index in [-0.39, 0.29) is 5.92 Å². The number of carbonyl (C=O) groups is 1. The van der Waals surface area contributed by atoms with Crippen molar-refractivity contribution in [1.82, 2.24) is 14.9 Å². The van der Waals surface area contributed by atoms with Gasteiger partial charge < -0.3 is 14.5 Å². The summed E-state index contributed by atoms with van der Waals surface area (Å²) in [5.41, 5.74) is 0. The van der Waals surface area contributed by atoms with E-state index in [4.69, 9.17) is 4.74 Å². The predicted molar refractivity (Wildman–Crippen MR) is 74.4 cm³/mol. The molecular formula is C14H20N4O2. The summed E-state index contributed by atoms with van der Waals surface area (Å²) >= 11 is 0. The molecular weight excluding hydrogens is 256 g/mol. The maximum absolute atomic E-state index is 12.4. The van der Waals surface area contributed by atoms with E-state index in [9.17, 15) is 4.79 Å². The van der Waals surface area contributed by atoms with E-state index in [1.165, 1.54) is 0 Å². The standard InChI is InChI=1S/C14H20N4O2/c19-13(12-2-10-20-11-3-12)17-6-8-18(9-7-17)14-15-4-1-5-16-14/h1,4-5,12H,2-3,6-11H2. The van der Waals surface area contributed by atoms with Gasteiger partial charge in [0.15, 0.2) is 0 Å². The zero-order valence-corrected chi connectivity index (χ0v) is 11.6. The molecule has 1 amide bonds. The number of piperazine rings is 1. The highest BCUT2D eigenvalue weighted by atomic mass is 16.5. The van der Waals surface area contributed by atoms with Gasteiger partial charge in [0.05, 0.1) is 0 Å². The monoisotopic (exact) mass is 276 g/mol. The third-order valence-corrected chi connectivity index (χ3v) is 4.00. The van der Waals surface area contributed by atoms with Gasteiger partial charge in [0, 0.05) is 57.7 Å². The van der Waals surface area contributed by atoms with Crippen molar-refractivity contribution in [2.24, 2.45) is 5.92 Å². The molecule has 3 rings (SSSR count). The van der Waals surface area contributed by atoms with Crippen LogP contribution in [-0.2, 0) is 9.53 Å². The minimum Gasteiger partial charge on any atom is -0.381 e. The molecule has 0 saturated carbocycles. The lowest BCUT2D eigenvalue weighted by Gasteiger charge is -2.37. The van der Waals surface area contributed by atoms with Gasteiger partial charge in [0.1, 0.15) is 0 Å². The van der Waals surface area contributed by atoms with Gasteiger partial charge in [-0.3, -0.25) is 4.79 Å². The van der Waals surface area contributed by atoms with Crippen LogP contribution in [0.5, 0.6) is 0 Å². The molecule has 0 bridgehead atoms. The second kappa shape index (κ2) is 6.17. The summed E-state index contributed by atoms with van der Waals surface area (Å²) in [6, 6.07) is 1.81. The fraction of sp³-hybridized carbons (Fsp3) is 0.643. The molecule has 0 spiro atoms. The topological polar surface area (TPSA) is 58.6 Å². The van der Waals surface area contributed by atoms with E-state index in [0.29, 0.717) is 19.1 Å². The Kier molecular flexibility index (Phi) is 4.11. The fourth-order valence-electron chi connectivity index (χ4n) is 2.78. The molecule has 2 aliphatic heterocycles. The molecule has 0 N–H and O–H groups in total. The molecule has 108 valence electrons. The lowest BCUT2D eigenvalue weighted by atomic mass is 9.98. The number of anilines is 1. The van der Waals surface area contributed by atoms with Crippen LogP contribution in [0.15, 0.2) is 18.5 Å². The third kappa shape index (κ3) is 2.90. The first-order valence-corrected chi connectivity index (χ1v) is 7.23. The number of hydrogen-bond donors (Lipinski definition) is 0. The number of rotatable bonds is 2.